The number of hydrogen-bond acceptors (Lipinski definition) is 2. The molecule has 0 bridgehead atoms. The molecule has 0 radical (unpaired) electrons. The van der Waals surface area contributed by atoms with E-state index in [0.717, 1.165) is 17.9 Å². The summed E-state index contributed by atoms with van der Waals surface area (Å²) in [5.41, 5.74) is 3.82. The Bertz CT molecular complexity index is 359. The van der Waals surface area contributed by atoms with Gasteiger partial charge in [-0.05, 0) is 43.7 Å². The largest absolute Gasteiger partial charge is 0.489 e. The highest BCUT2D eigenvalue weighted by Crippen LogP contribution is 2.17. The predicted octanol–water partition coefficient (Wildman–Crippen LogP) is 3.88. The molecular formula is C14H20ClNO. The first-order chi connectivity index (χ1) is 8.17. The third-order valence-corrected chi connectivity index (χ3v) is 2.92. The lowest BCUT2D eigenvalue weighted by molar-refractivity contribution is 0.352. The minimum absolute atomic E-state index is 0.374. The van der Waals surface area contributed by atoms with Crippen molar-refractivity contribution in [1.82, 2.24) is 5.32 Å². The lowest BCUT2D eigenvalue weighted by Crippen LogP contribution is -2.17. The summed E-state index contributed by atoms with van der Waals surface area (Å²) in [6, 6.07) is 8.53. The van der Waals surface area contributed by atoms with Crippen molar-refractivity contribution < 1.29 is 4.74 Å². The number of halogens is 1. The zero-order chi connectivity index (χ0) is 12.7. The van der Waals surface area contributed by atoms with Crippen molar-refractivity contribution in [3.63, 3.8) is 0 Å². The van der Waals surface area contributed by atoms with E-state index >= 15 is 0 Å². The van der Waals surface area contributed by atoms with Gasteiger partial charge in [0, 0.05) is 11.6 Å². The lowest BCUT2D eigenvalue weighted by atomic mass is 10.1. The average molecular weight is 254 g/mol. The zero-order valence-electron chi connectivity index (χ0n) is 10.7. The third kappa shape index (κ3) is 4.80. The van der Waals surface area contributed by atoms with E-state index in [-0.39, 0.29) is 0 Å². The summed E-state index contributed by atoms with van der Waals surface area (Å²) in [7, 11) is 0. The molecule has 1 aromatic rings. The standard InChI is InChI=1S/C14H20ClNO/c1-4-16-12(3)13-5-7-14(8-6-13)17-10-11(2)9-15/h5-9,12,16H,4,10H2,1-3H3/b11-9+. The molecular weight excluding hydrogens is 234 g/mol. The normalized spacial score (nSPS) is 13.5. The van der Waals surface area contributed by atoms with Crippen LogP contribution in [-0.4, -0.2) is 13.2 Å². The molecule has 2 nitrogen and oxygen atoms in total. The fourth-order valence-electron chi connectivity index (χ4n) is 1.51. The van der Waals surface area contributed by atoms with Crippen LogP contribution < -0.4 is 10.1 Å². The van der Waals surface area contributed by atoms with Gasteiger partial charge in [0.1, 0.15) is 12.4 Å². The van der Waals surface area contributed by atoms with Crippen LogP contribution in [0.4, 0.5) is 0 Å². The molecule has 0 heterocycles. The molecule has 0 saturated heterocycles. The van der Waals surface area contributed by atoms with E-state index in [1.54, 1.807) is 5.54 Å². The number of ether oxygens (including phenoxy) is 1. The van der Waals surface area contributed by atoms with E-state index in [4.69, 9.17) is 16.3 Å². The van der Waals surface area contributed by atoms with Crippen molar-refractivity contribution in [3.05, 3.63) is 40.9 Å². The quantitative estimate of drug-likeness (QED) is 0.831. The number of hydrogen-bond donors (Lipinski definition) is 1. The smallest absolute Gasteiger partial charge is 0.119 e. The van der Waals surface area contributed by atoms with E-state index in [2.05, 4.69) is 31.3 Å². The van der Waals surface area contributed by atoms with Crippen LogP contribution >= 0.6 is 11.6 Å². The average Bonchev–Trinajstić information content (AvgIpc) is 2.36. The Labute approximate surface area is 109 Å². The summed E-state index contributed by atoms with van der Waals surface area (Å²) in [6.45, 7) is 7.70. The van der Waals surface area contributed by atoms with Gasteiger partial charge in [0.15, 0.2) is 0 Å². The fraction of sp³-hybridized carbons (Fsp3) is 0.429. The Hall–Kier alpha value is -0.990. The second-order valence-electron chi connectivity index (χ2n) is 4.09. The highest BCUT2D eigenvalue weighted by atomic mass is 35.5. The topological polar surface area (TPSA) is 21.3 Å². The van der Waals surface area contributed by atoms with Gasteiger partial charge in [0.05, 0.1) is 0 Å². The summed E-state index contributed by atoms with van der Waals surface area (Å²) in [4.78, 5) is 0. The van der Waals surface area contributed by atoms with E-state index in [0.29, 0.717) is 12.6 Å². The molecule has 1 unspecified atom stereocenters. The van der Waals surface area contributed by atoms with Crippen molar-refractivity contribution in [2.75, 3.05) is 13.2 Å². The Kier molecular flexibility index (Phi) is 6.09. The number of rotatable bonds is 6. The first kappa shape index (κ1) is 14.1. The van der Waals surface area contributed by atoms with Crippen LogP contribution in [0.3, 0.4) is 0 Å². The fourth-order valence-corrected chi connectivity index (χ4v) is 1.57. The zero-order valence-corrected chi connectivity index (χ0v) is 11.4. The molecule has 0 amide bonds. The van der Waals surface area contributed by atoms with Crippen LogP contribution in [0.1, 0.15) is 32.4 Å². The molecule has 17 heavy (non-hydrogen) atoms. The Balaban J connectivity index is 2.55. The lowest BCUT2D eigenvalue weighted by Gasteiger charge is -2.13. The van der Waals surface area contributed by atoms with Gasteiger partial charge < -0.3 is 10.1 Å². The first-order valence-electron chi connectivity index (χ1n) is 5.89. The van der Waals surface area contributed by atoms with Gasteiger partial charge in [-0.25, -0.2) is 0 Å². The molecule has 1 rings (SSSR count). The molecule has 94 valence electrons. The highest BCUT2D eigenvalue weighted by molar-refractivity contribution is 6.25. The van der Waals surface area contributed by atoms with Gasteiger partial charge in [-0.2, -0.15) is 0 Å². The van der Waals surface area contributed by atoms with Gasteiger partial charge >= 0.3 is 0 Å². The summed E-state index contributed by atoms with van der Waals surface area (Å²) in [6.07, 6.45) is 0. The van der Waals surface area contributed by atoms with E-state index in [1.807, 2.05) is 19.1 Å². The van der Waals surface area contributed by atoms with Crippen LogP contribution in [0.15, 0.2) is 35.4 Å². The third-order valence-electron chi connectivity index (χ3n) is 2.54. The molecule has 1 N–H and O–H groups in total. The van der Waals surface area contributed by atoms with Gasteiger partial charge in [-0.3, -0.25) is 0 Å². The minimum Gasteiger partial charge on any atom is -0.489 e. The summed E-state index contributed by atoms with van der Waals surface area (Å²) in [5, 5.41) is 3.37. The summed E-state index contributed by atoms with van der Waals surface area (Å²) >= 11 is 5.57. The van der Waals surface area contributed by atoms with E-state index < -0.39 is 0 Å². The van der Waals surface area contributed by atoms with Gasteiger partial charge in [0.2, 0.25) is 0 Å². The van der Waals surface area contributed by atoms with Crippen molar-refractivity contribution in [2.24, 2.45) is 0 Å². The maximum atomic E-state index is 5.58. The Morgan fingerprint density at radius 1 is 1.41 bits per heavy atom. The van der Waals surface area contributed by atoms with Gasteiger partial charge in [0.25, 0.3) is 0 Å². The molecule has 1 atom stereocenters. The van der Waals surface area contributed by atoms with Crippen LogP contribution in [0.5, 0.6) is 5.75 Å². The monoisotopic (exact) mass is 253 g/mol. The second-order valence-corrected chi connectivity index (χ2v) is 4.31. The molecule has 0 saturated carbocycles. The first-order valence-corrected chi connectivity index (χ1v) is 6.33. The van der Waals surface area contributed by atoms with Crippen LogP contribution in [-0.2, 0) is 0 Å². The minimum atomic E-state index is 0.374. The molecule has 0 aromatic heterocycles. The summed E-state index contributed by atoms with van der Waals surface area (Å²) in [5.74, 6) is 0.871. The van der Waals surface area contributed by atoms with Crippen LogP contribution in [0.2, 0.25) is 0 Å². The van der Waals surface area contributed by atoms with Crippen molar-refractivity contribution in [2.45, 2.75) is 26.8 Å². The molecule has 0 fully saturated rings. The van der Waals surface area contributed by atoms with Crippen LogP contribution in [0.25, 0.3) is 0 Å². The van der Waals surface area contributed by atoms with Crippen molar-refractivity contribution in [1.29, 1.82) is 0 Å². The van der Waals surface area contributed by atoms with Crippen molar-refractivity contribution >= 4 is 11.6 Å². The molecule has 3 heteroatoms. The molecule has 0 spiro atoms. The van der Waals surface area contributed by atoms with Gasteiger partial charge in [-0.1, -0.05) is 30.7 Å². The second kappa shape index (κ2) is 7.36. The van der Waals surface area contributed by atoms with E-state index in [9.17, 15) is 0 Å². The number of benzene rings is 1. The number of nitrogens with one attached hydrogen (secondary N) is 1. The highest BCUT2D eigenvalue weighted by Gasteiger charge is 2.03. The molecule has 0 aliphatic heterocycles. The molecule has 0 aliphatic carbocycles. The summed E-state index contributed by atoms with van der Waals surface area (Å²) < 4.78 is 5.58. The predicted molar refractivity (Wildman–Crippen MR) is 73.6 cm³/mol. The van der Waals surface area contributed by atoms with Crippen LogP contribution in [0, 0.1) is 0 Å². The molecule has 1 aromatic carbocycles. The van der Waals surface area contributed by atoms with E-state index in [1.165, 1.54) is 5.56 Å². The Morgan fingerprint density at radius 3 is 2.59 bits per heavy atom. The maximum Gasteiger partial charge on any atom is 0.119 e. The maximum absolute atomic E-state index is 5.58. The SMILES string of the molecule is CCNC(C)c1ccc(OC/C(C)=C/Cl)cc1. The Morgan fingerprint density at radius 2 is 2.06 bits per heavy atom. The van der Waals surface area contributed by atoms with Gasteiger partial charge in [-0.15, -0.1) is 0 Å². The molecule has 0 aliphatic rings. The van der Waals surface area contributed by atoms with Crippen molar-refractivity contribution in [3.8, 4) is 5.75 Å².